The molecule has 0 aliphatic heterocycles. The average Bonchev–Trinajstić information content (AvgIpc) is 2.45. The maximum Gasteiger partial charge on any atom is 0.160 e. The second-order valence-corrected chi connectivity index (χ2v) is 6.70. The molecular formula is C18H25Cl2NO. The standard InChI is InChI=1S/C18H25Cl2NO/c1-4-5-6-7-15(13-21(2)3)18(22)11-9-14-8-10-16(19)12-17(14)20/h8-12,15H,4-7,13H2,1-3H3. The Kier molecular flexibility index (Phi) is 8.77. The van der Waals surface area contributed by atoms with E-state index in [1.807, 2.05) is 20.2 Å². The van der Waals surface area contributed by atoms with Crippen LogP contribution in [0.3, 0.4) is 0 Å². The summed E-state index contributed by atoms with van der Waals surface area (Å²) in [6.45, 7) is 2.95. The molecular weight excluding hydrogens is 317 g/mol. The topological polar surface area (TPSA) is 20.3 Å². The summed E-state index contributed by atoms with van der Waals surface area (Å²) in [5, 5.41) is 1.16. The van der Waals surface area contributed by atoms with Crippen LogP contribution in [-0.2, 0) is 4.79 Å². The van der Waals surface area contributed by atoms with Gasteiger partial charge in [-0.2, -0.15) is 0 Å². The molecule has 0 heterocycles. The van der Waals surface area contributed by atoms with Gasteiger partial charge in [0.2, 0.25) is 0 Å². The van der Waals surface area contributed by atoms with Crippen molar-refractivity contribution in [1.29, 1.82) is 0 Å². The smallest absolute Gasteiger partial charge is 0.160 e. The Morgan fingerprint density at radius 3 is 2.59 bits per heavy atom. The van der Waals surface area contributed by atoms with Gasteiger partial charge in [-0.25, -0.2) is 0 Å². The van der Waals surface area contributed by atoms with Crippen LogP contribution in [0.2, 0.25) is 10.0 Å². The van der Waals surface area contributed by atoms with Gasteiger partial charge in [-0.15, -0.1) is 0 Å². The fourth-order valence-corrected chi connectivity index (χ4v) is 2.82. The highest BCUT2D eigenvalue weighted by Gasteiger charge is 2.16. The SMILES string of the molecule is CCCCCC(CN(C)C)C(=O)C=Cc1ccc(Cl)cc1Cl. The van der Waals surface area contributed by atoms with Crippen molar-refractivity contribution in [3.05, 3.63) is 39.9 Å². The van der Waals surface area contributed by atoms with Gasteiger partial charge < -0.3 is 4.90 Å². The minimum absolute atomic E-state index is 0.0453. The first kappa shape index (κ1) is 19.2. The Bertz CT molecular complexity index is 512. The number of rotatable bonds is 9. The van der Waals surface area contributed by atoms with Gasteiger partial charge in [0.15, 0.2) is 5.78 Å². The van der Waals surface area contributed by atoms with E-state index in [-0.39, 0.29) is 11.7 Å². The zero-order valence-corrected chi connectivity index (χ0v) is 15.1. The predicted octanol–water partition coefficient (Wildman–Crippen LogP) is 5.33. The maximum atomic E-state index is 12.4. The van der Waals surface area contributed by atoms with Crippen LogP contribution >= 0.6 is 23.2 Å². The van der Waals surface area contributed by atoms with E-state index in [4.69, 9.17) is 23.2 Å². The Balaban J connectivity index is 2.73. The molecule has 1 aromatic rings. The average molecular weight is 342 g/mol. The van der Waals surface area contributed by atoms with Crippen LogP contribution in [0.4, 0.5) is 0 Å². The van der Waals surface area contributed by atoms with E-state index in [0.29, 0.717) is 10.0 Å². The van der Waals surface area contributed by atoms with E-state index in [2.05, 4.69) is 11.8 Å². The highest BCUT2D eigenvalue weighted by Crippen LogP contribution is 2.22. The zero-order chi connectivity index (χ0) is 16.5. The maximum absolute atomic E-state index is 12.4. The molecule has 0 aliphatic rings. The molecule has 0 N–H and O–H groups in total. The number of unbranched alkanes of at least 4 members (excludes halogenated alkanes) is 2. The molecule has 0 spiro atoms. The molecule has 1 unspecified atom stereocenters. The minimum atomic E-state index is 0.0453. The summed E-state index contributed by atoms with van der Waals surface area (Å²) in [7, 11) is 4.00. The van der Waals surface area contributed by atoms with E-state index in [0.717, 1.165) is 24.9 Å². The molecule has 0 saturated carbocycles. The summed E-state index contributed by atoms with van der Waals surface area (Å²) in [4.78, 5) is 14.5. The lowest BCUT2D eigenvalue weighted by Gasteiger charge is -2.18. The number of hydrogen-bond acceptors (Lipinski definition) is 2. The number of ketones is 1. The van der Waals surface area contributed by atoms with Gasteiger partial charge in [0.25, 0.3) is 0 Å². The Morgan fingerprint density at radius 2 is 2.00 bits per heavy atom. The van der Waals surface area contributed by atoms with E-state index < -0.39 is 0 Å². The third-order valence-corrected chi connectivity index (χ3v) is 4.10. The van der Waals surface area contributed by atoms with Gasteiger partial charge in [-0.1, -0.05) is 55.5 Å². The van der Waals surface area contributed by atoms with Crippen LogP contribution in [0, 0.1) is 5.92 Å². The fourth-order valence-electron chi connectivity index (χ4n) is 2.35. The van der Waals surface area contributed by atoms with E-state index in [1.165, 1.54) is 12.8 Å². The summed E-state index contributed by atoms with van der Waals surface area (Å²) in [5.74, 6) is 0.208. The molecule has 122 valence electrons. The van der Waals surface area contributed by atoms with E-state index in [9.17, 15) is 4.79 Å². The molecule has 22 heavy (non-hydrogen) atoms. The number of hydrogen-bond donors (Lipinski definition) is 0. The molecule has 0 bridgehead atoms. The molecule has 0 fully saturated rings. The van der Waals surface area contributed by atoms with Crippen molar-refractivity contribution in [2.75, 3.05) is 20.6 Å². The van der Waals surface area contributed by atoms with Crippen LogP contribution in [0.15, 0.2) is 24.3 Å². The second-order valence-electron chi connectivity index (χ2n) is 5.86. The van der Waals surface area contributed by atoms with Gasteiger partial charge >= 0.3 is 0 Å². The first-order valence-corrected chi connectivity index (χ1v) is 8.51. The van der Waals surface area contributed by atoms with E-state index in [1.54, 1.807) is 24.3 Å². The number of nitrogens with zero attached hydrogens (tertiary/aromatic N) is 1. The minimum Gasteiger partial charge on any atom is -0.309 e. The molecule has 0 radical (unpaired) electrons. The lowest BCUT2D eigenvalue weighted by molar-refractivity contribution is -0.118. The second kappa shape index (κ2) is 10.0. The molecule has 4 heteroatoms. The van der Waals surface area contributed by atoms with Gasteiger partial charge in [-0.3, -0.25) is 4.79 Å². The number of halogens is 2. The Labute approximate surface area is 144 Å². The van der Waals surface area contributed by atoms with Crippen LogP contribution in [0.1, 0.15) is 38.2 Å². The van der Waals surface area contributed by atoms with Gasteiger partial charge in [0, 0.05) is 22.5 Å². The first-order valence-electron chi connectivity index (χ1n) is 7.75. The molecule has 0 aromatic heterocycles. The van der Waals surface area contributed by atoms with Crippen molar-refractivity contribution in [2.45, 2.75) is 32.6 Å². The number of allylic oxidation sites excluding steroid dienone is 1. The molecule has 2 nitrogen and oxygen atoms in total. The summed E-state index contributed by atoms with van der Waals surface area (Å²) in [5.41, 5.74) is 0.816. The monoisotopic (exact) mass is 341 g/mol. The van der Waals surface area contributed by atoms with Crippen LogP contribution < -0.4 is 0 Å². The van der Waals surface area contributed by atoms with Crippen molar-refractivity contribution < 1.29 is 4.79 Å². The number of carbonyl (C=O) groups is 1. The zero-order valence-electron chi connectivity index (χ0n) is 13.6. The summed E-state index contributed by atoms with van der Waals surface area (Å²) < 4.78 is 0. The highest BCUT2D eigenvalue weighted by atomic mass is 35.5. The quantitative estimate of drug-likeness (QED) is 0.446. The normalized spacial score (nSPS) is 13.0. The van der Waals surface area contributed by atoms with Crippen molar-refractivity contribution in [3.8, 4) is 0 Å². The predicted molar refractivity (Wildman–Crippen MR) is 96.7 cm³/mol. The number of carbonyl (C=O) groups excluding carboxylic acids is 1. The van der Waals surface area contributed by atoms with Gasteiger partial charge in [-0.05, 0) is 50.4 Å². The molecule has 1 aromatic carbocycles. The van der Waals surface area contributed by atoms with Crippen molar-refractivity contribution in [3.63, 3.8) is 0 Å². The molecule has 1 rings (SSSR count). The lowest BCUT2D eigenvalue weighted by atomic mass is 9.95. The fraction of sp³-hybridized carbons (Fsp3) is 0.500. The molecule has 0 amide bonds. The lowest BCUT2D eigenvalue weighted by Crippen LogP contribution is -2.27. The summed E-state index contributed by atoms with van der Waals surface area (Å²) in [6, 6.07) is 5.29. The first-order chi connectivity index (χ1) is 10.4. The van der Waals surface area contributed by atoms with Crippen LogP contribution in [0.25, 0.3) is 6.08 Å². The van der Waals surface area contributed by atoms with Crippen molar-refractivity contribution in [1.82, 2.24) is 4.90 Å². The highest BCUT2D eigenvalue weighted by molar-refractivity contribution is 6.35. The third-order valence-electron chi connectivity index (χ3n) is 3.53. The Hall–Kier alpha value is -0.830. The van der Waals surface area contributed by atoms with Gasteiger partial charge in [0.1, 0.15) is 0 Å². The van der Waals surface area contributed by atoms with Crippen molar-refractivity contribution in [2.24, 2.45) is 5.92 Å². The number of benzene rings is 1. The Morgan fingerprint density at radius 1 is 1.27 bits per heavy atom. The van der Waals surface area contributed by atoms with Crippen LogP contribution in [-0.4, -0.2) is 31.3 Å². The molecule has 1 atom stereocenters. The van der Waals surface area contributed by atoms with Crippen molar-refractivity contribution >= 4 is 35.1 Å². The van der Waals surface area contributed by atoms with Crippen LogP contribution in [0.5, 0.6) is 0 Å². The third kappa shape index (κ3) is 6.95. The summed E-state index contributed by atoms with van der Waals surface area (Å²) in [6.07, 6.45) is 7.79. The van der Waals surface area contributed by atoms with Gasteiger partial charge in [0.05, 0.1) is 0 Å². The molecule has 0 saturated heterocycles. The largest absolute Gasteiger partial charge is 0.309 e. The summed E-state index contributed by atoms with van der Waals surface area (Å²) >= 11 is 12.0. The van der Waals surface area contributed by atoms with E-state index >= 15 is 0 Å². The molecule has 0 aliphatic carbocycles.